The van der Waals surface area contributed by atoms with Crippen molar-refractivity contribution in [3.8, 4) is 11.5 Å². The summed E-state index contributed by atoms with van der Waals surface area (Å²) in [4.78, 5) is 28.7. The summed E-state index contributed by atoms with van der Waals surface area (Å²) in [6.45, 7) is 9.45. The maximum absolute atomic E-state index is 14.1. The van der Waals surface area contributed by atoms with Crippen molar-refractivity contribution in [1.82, 2.24) is 10.6 Å². The van der Waals surface area contributed by atoms with Gasteiger partial charge in [-0.05, 0) is 67.6 Å². The molecule has 1 aliphatic rings. The molecule has 4 N–H and O–H groups in total. The summed E-state index contributed by atoms with van der Waals surface area (Å²) >= 11 is 6.55. The number of carbonyl (C=O) groups excluding carboxylic acids is 2. The highest BCUT2D eigenvalue weighted by molar-refractivity contribution is 6.30. The first-order valence-corrected chi connectivity index (χ1v) is 16.8. The Morgan fingerprint density at radius 1 is 0.980 bits per heavy atom. The average molecular weight is 738 g/mol. The first-order chi connectivity index (χ1) is 22.6. The number of nitrogens with two attached hydrogens (primary N) is 1. The van der Waals surface area contributed by atoms with Crippen LogP contribution >= 0.6 is 36.4 Å². The molecule has 3 aromatic carbocycles. The van der Waals surface area contributed by atoms with Gasteiger partial charge in [-0.25, -0.2) is 0 Å². The zero-order valence-electron chi connectivity index (χ0n) is 28.8. The van der Waals surface area contributed by atoms with Crippen molar-refractivity contribution in [2.45, 2.75) is 58.7 Å². The minimum atomic E-state index is -1.06. The number of hydrogen-bond acceptors (Lipinski definition) is 7. The fourth-order valence-electron chi connectivity index (χ4n) is 5.67. The lowest BCUT2D eigenvalue weighted by Gasteiger charge is -2.31. The Hall–Kier alpha value is -3.05. The third kappa shape index (κ3) is 12.3. The lowest BCUT2D eigenvalue weighted by molar-refractivity contribution is -0.138. The number of methoxy groups -OCH3 is 1. The molecule has 9 nitrogen and oxygen atoms in total. The van der Waals surface area contributed by atoms with Gasteiger partial charge in [0.1, 0.15) is 12.2 Å². The van der Waals surface area contributed by atoms with Crippen molar-refractivity contribution in [3.05, 3.63) is 88.4 Å². The number of amides is 2. The summed E-state index contributed by atoms with van der Waals surface area (Å²) in [6.07, 6.45) is 0.939. The highest BCUT2D eigenvalue weighted by Gasteiger charge is 2.40. The van der Waals surface area contributed by atoms with Crippen LogP contribution in [0.15, 0.2) is 66.7 Å². The molecule has 49 heavy (non-hydrogen) atoms. The molecule has 3 aromatic rings. The molecule has 0 saturated heterocycles. The average Bonchev–Trinajstić information content (AvgIpc) is 3.15. The Morgan fingerprint density at radius 3 is 2.41 bits per heavy atom. The van der Waals surface area contributed by atoms with E-state index in [-0.39, 0.29) is 48.5 Å². The maximum Gasteiger partial charge on any atom is 0.256 e. The van der Waals surface area contributed by atoms with E-state index in [0.29, 0.717) is 59.6 Å². The highest BCUT2D eigenvalue weighted by atomic mass is 35.5. The molecule has 2 atom stereocenters. The van der Waals surface area contributed by atoms with Crippen LogP contribution in [0.25, 0.3) is 0 Å². The molecule has 0 aliphatic carbocycles. The summed E-state index contributed by atoms with van der Waals surface area (Å²) < 4.78 is 18.8. The van der Waals surface area contributed by atoms with Gasteiger partial charge in [-0.3, -0.25) is 9.59 Å². The number of nitrogens with zero attached hydrogens (tertiary/aromatic N) is 1. The molecule has 270 valence electrons. The van der Waals surface area contributed by atoms with E-state index in [0.717, 1.165) is 32.4 Å². The van der Waals surface area contributed by atoms with Crippen LogP contribution in [0.3, 0.4) is 0 Å². The van der Waals surface area contributed by atoms with Crippen LogP contribution in [0.5, 0.6) is 11.5 Å². The van der Waals surface area contributed by atoms with Crippen molar-refractivity contribution < 1.29 is 23.8 Å². The number of carbonyl (C=O) groups is 2. The van der Waals surface area contributed by atoms with E-state index < -0.39 is 12.2 Å². The van der Waals surface area contributed by atoms with Crippen LogP contribution in [0, 0.1) is 5.41 Å². The van der Waals surface area contributed by atoms with Crippen molar-refractivity contribution in [2.75, 3.05) is 51.3 Å². The molecule has 0 fully saturated rings. The van der Waals surface area contributed by atoms with E-state index in [9.17, 15) is 9.59 Å². The minimum Gasteiger partial charge on any atom is -0.492 e. The molecule has 12 heteroatoms. The van der Waals surface area contributed by atoms with Gasteiger partial charge in [0.05, 0.1) is 20.1 Å². The third-order valence-corrected chi connectivity index (χ3v) is 8.02. The predicted octanol–water partition coefficient (Wildman–Crippen LogP) is 6.52. The molecule has 2 amide bonds. The third-order valence-electron chi connectivity index (χ3n) is 7.79. The summed E-state index contributed by atoms with van der Waals surface area (Å²) in [5, 5.41) is 6.76. The lowest BCUT2D eigenvalue weighted by Crippen LogP contribution is -2.45. The molecule has 0 spiro atoms. The van der Waals surface area contributed by atoms with Gasteiger partial charge in [-0.15, -0.1) is 24.8 Å². The lowest BCUT2D eigenvalue weighted by atomic mass is 9.94. The summed E-state index contributed by atoms with van der Waals surface area (Å²) in [5.41, 5.74) is 8.76. The van der Waals surface area contributed by atoms with Gasteiger partial charge in [-0.2, -0.15) is 0 Å². The Kier molecular flexibility index (Phi) is 17.7. The summed E-state index contributed by atoms with van der Waals surface area (Å²) in [7, 11) is 1.59. The second-order valence-corrected chi connectivity index (χ2v) is 13.4. The highest BCUT2D eigenvalue weighted by Crippen LogP contribution is 2.45. The molecule has 0 saturated carbocycles. The Labute approximate surface area is 308 Å². The summed E-state index contributed by atoms with van der Waals surface area (Å²) in [5.74, 6) is 0.462. The number of benzene rings is 3. The largest absolute Gasteiger partial charge is 0.492 e. The summed E-state index contributed by atoms with van der Waals surface area (Å²) in [6, 6.07) is 21.6. The van der Waals surface area contributed by atoms with Crippen LogP contribution < -0.4 is 30.7 Å². The number of anilines is 1. The Morgan fingerprint density at radius 2 is 1.71 bits per heavy atom. The van der Waals surface area contributed by atoms with E-state index >= 15 is 0 Å². The van der Waals surface area contributed by atoms with E-state index in [1.165, 1.54) is 5.56 Å². The van der Waals surface area contributed by atoms with Gasteiger partial charge in [-0.1, -0.05) is 74.8 Å². The fourth-order valence-corrected chi connectivity index (χ4v) is 5.85. The van der Waals surface area contributed by atoms with Crippen molar-refractivity contribution in [2.24, 2.45) is 11.1 Å². The van der Waals surface area contributed by atoms with Crippen LogP contribution in [-0.4, -0.2) is 64.4 Å². The van der Waals surface area contributed by atoms with Crippen molar-refractivity contribution >= 4 is 53.9 Å². The molecule has 4 rings (SSSR count). The number of fused-ring (bicyclic) bond motifs is 1. The normalized spacial score (nSPS) is 15.7. The Bertz CT molecular complexity index is 1470. The second-order valence-electron chi connectivity index (χ2n) is 13.0. The quantitative estimate of drug-likeness (QED) is 0.144. The molecule has 0 bridgehead atoms. The predicted molar refractivity (Wildman–Crippen MR) is 202 cm³/mol. The molecular formula is C37H51Cl3N4O5. The molecule has 1 aliphatic heterocycles. The topological polar surface area (TPSA) is 115 Å². The molecule has 0 radical (unpaired) electrons. The maximum atomic E-state index is 14.1. The molecule has 0 aromatic heterocycles. The fraction of sp³-hybridized carbons (Fsp3) is 0.459. The first-order valence-electron chi connectivity index (χ1n) is 16.4. The first kappa shape index (κ1) is 42.1. The monoisotopic (exact) mass is 736 g/mol. The molecule has 0 unspecified atom stereocenters. The van der Waals surface area contributed by atoms with Gasteiger partial charge in [0.2, 0.25) is 5.91 Å². The molecular weight excluding hydrogens is 687 g/mol. The van der Waals surface area contributed by atoms with Crippen LogP contribution in [-0.2, 0) is 20.7 Å². The van der Waals surface area contributed by atoms with E-state index in [1.807, 2.05) is 36.4 Å². The smallest absolute Gasteiger partial charge is 0.256 e. The van der Waals surface area contributed by atoms with E-state index in [2.05, 4.69) is 55.7 Å². The van der Waals surface area contributed by atoms with E-state index in [4.69, 9.17) is 31.5 Å². The SMILES string of the molecule is COc1c(OCCCNCCCc2ccccc2)cccc1[C@@H]1O[C@@H](CC(=O)NCCN)C(=O)N(CC(C)(C)C)c2ccc(Cl)cc21.Cl.Cl. The van der Waals surface area contributed by atoms with Crippen molar-refractivity contribution in [3.63, 3.8) is 0 Å². The van der Waals surface area contributed by atoms with Gasteiger partial charge in [0, 0.05) is 41.5 Å². The standard InChI is InChI=1S/C37H49ClN4O5.2ClH/c1-37(2,3)25-42-30-17-16-27(38)23-29(30)34(47-32(36(42)44)24-33(43)41-21-18-39)28-14-8-15-31(35(28)45-4)46-22-10-20-40-19-9-13-26-11-6-5-7-12-26;;/h5-8,11-12,14-17,23,32,34,40H,9-10,13,18-22,24-25,39H2,1-4H3,(H,41,43);2*1H/t32-,34-;;/m0../s1. The zero-order valence-corrected chi connectivity index (χ0v) is 31.2. The number of ether oxygens (including phenoxy) is 3. The second kappa shape index (κ2) is 20.6. The Balaban J connectivity index is 0.00000417. The zero-order chi connectivity index (χ0) is 33.8. The van der Waals surface area contributed by atoms with Crippen LogP contribution in [0.1, 0.15) is 62.8 Å². The number of rotatable bonds is 16. The minimum absolute atomic E-state index is 0. The van der Waals surface area contributed by atoms with Gasteiger partial charge in [0.25, 0.3) is 5.91 Å². The number of halogens is 3. The van der Waals surface area contributed by atoms with E-state index in [1.54, 1.807) is 18.1 Å². The number of para-hydroxylation sites is 1. The number of nitrogens with one attached hydrogen (secondary N) is 2. The van der Waals surface area contributed by atoms with Gasteiger partial charge in [0.15, 0.2) is 11.5 Å². The van der Waals surface area contributed by atoms with Gasteiger partial charge < -0.3 is 35.5 Å². The molecule has 1 heterocycles. The van der Waals surface area contributed by atoms with Crippen LogP contribution in [0.2, 0.25) is 5.02 Å². The van der Waals surface area contributed by atoms with Crippen LogP contribution in [0.4, 0.5) is 5.69 Å². The number of hydrogen-bond donors (Lipinski definition) is 3. The van der Waals surface area contributed by atoms with Crippen molar-refractivity contribution in [1.29, 1.82) is 0 Å². The van der Waals surface area contributed by atoms with Gasteiger partial charge >= 0.3 is 0 Å². The number of aryl methyl sites for hydroxylation is 1.